The monoisotopic (exact) mass is 217 g/mol. The molecule has 3 nitrogen and oxygen atoms in total. The first-order valence-electron chi connectivity index (χ1n) is 4.16. The van der Waals surface area contributed by atoms with Gasteiger partial charge in [-0.2, -0.15) is 0 Å². The molecule has 4 heteroatoms. The van der Waals surface area contributed by atoms with Crippen LogP contribution in [0.4, 0.5) is 0 Å². The third-order valence-electron chi connectivity index (χ3n) is 1.93. The molecule has 1 unspecified atom stereocenters. The predicted octanol–water partition coefficient (Wildman–Crippen LogP) is 2.15. The van der Waals surface area contributed by atoms with Crippen molar-refractivity contribution in [1.29, 1.82) is 0 Å². The highest BCUT2D eigenvalue weighted by Gasteiger charge is 2.07. The molecule has 0 saturated heterocycles. The quantitative estimate of drug-likeness (QED) is 0.844. The summed E-state index contributed by atoms with van der Waals surface area (Å²) in [5.74, 6) is 1.55. The van der Waals surface area contributed by atoms with E-state index in [9.17, 15) is 0 Å². The van der Waals surface area contributed by atoms with Gasteiger partial charge in [0.25, 0.3) is 0 Å². The molecule has 0 heterocycles. The minimum atomic E-state index is -0.0270. The number of ether oxygens (including phenoxy) is 2. The molecule has 1 atom stereocenters. The number of methoxy groups -OCH3 is 2. The van der Waals surface area contributed by atoms with Crippen molar-refractivity contribution in [3.8, 4) is 11.5 Å². The van der Waals surface area contributed by atoms with Gasteiger partial charge in [-0.15, -0.1) is 12.4 Å². The van der Waals surface area contributed by atoms with Gasteiger partial charge in [0, 0.05) is 17.7 Å². The lowest BCUT2D eigenvalue weighted by atomic mass is 10.1. The number of nitrogens with two attached hydrogens (primary N) is 1. The fourth-order valence-electron chi connectivity index (χ4n) is 1.19. The van der Waals surface area contributed by atoms with Crippen molar-refractivity contribution in [1.82, 2.24) is 0 Å². The minimum Gasteiger partial charge on any atom is -0.497 e. The molecule has 80 valence electrons. The van der Waals surface area contributed by atoms with Crippen molar-refractivity contribution in [2.24, 2.45) is 5.73 Å². The molecule has 1 aromatic rings. The molecule has 0 saturated carbocycles. The van der Waals surface area contributed by atoms with Crippen molar-refractivity contribution in [3.05, 3.63) is 23.8 Å². The summed E-state index contributed by atoms with van der Waals surface area (Å²) in [7, 11) is 3.25. The molecule has 0 radical (unpaired) electrons. The maximum atomic E-state index is 5.76. The van der Waals surface area contributed by atoms with Crippen LogP contribution in [-0.4, -0.2) is 14.2 Å². The summed E-state index contributed by atoms with van der Waals surface area (Å²) < 4.78 is 10.3. The van der Waals surface area contributed by atoms with Gasteiger partial charge in [-0.25, -0.2) is 0 Å². The first kappa shape index (κ1) is 13.1. The van der Waals surface area contributed by atoms with Crippen molar-refractivity contribution in [2.75, 3.05) is 14.2 Å². The molecule has 2 N–H and O–H groups in total. The van der Waals surface area contributed by atoms with Gasteiger partial charge in [0.05, 0.1) is 14.2 Å². The van der Waals surface area contributed by atoms with Crippen molar-refractivity contribution in [2.45, 2.75) is 13.0 Å². The van der Waals surface area contributed by atoms with Crippen LogP contribution in [-0.2, 0) is 0 Å². The van der Waals surface area contributed by atoms with Gasteiger partial charge in [-0.1, -0.05) is 6.07 Å². The second-order valence-corrected chi connectivity index (χ2v) is 2.90. The third kappa shape index (κ3) is 2.79. The van der Waals surface area contributed by atoms with E-state index in [2.05, 4.69) is 0 Å². The summed E-state index contributed by atoms with van der Waals surface area (Å²) in [5.41, 5.74) is 6.75. The summed E-state index contributed by atoms with van der Waals surface area (Å²) in [6.07, 6.45) is 0. The summed E-state index contributed by atoms with van der Waals surface area (Å²) in [5, 5.41) is 0. The Morgan fingerprint density at radius 2 is 1.86 bits per heavy atom. The molecule has 0 aliphatic rings. The number of benzene rings is 1. The summed E-state index contributed by atoms with van der Waals surface area (Å²) >= 11 is 0. The fourth-order valence-corrected chi connectivity index (χ4v) is 1.19. The van der Waals surface area contributed by atoms with E-state index in [1.165, 1.54) is 0 Å². The standard InChI is InChI=1S/C10H15NO2.ClH/c1-7(11)9-5-4-8(12-2)6-10(9)13-3;/h4-7H,11H2,1-3H3;1H. The van der Waals surface area contributed by atoms with Crippen LogP contribution in [0.5, 0.6) is 11.5 Å². The first-order chi connectivity index (χ1) is 6.19. The smallest absolute Gasteiger partial charge is 0.127 e. The molecule has 0 aromatic heterocycles. The van der Waals surface area contributed by atoms with Crippen LogP contribution < -0.4 is 15.2 Å². The van der Waals surface area contributed by atoms with Gasteiger partial charge in [-0.05, 0) is 13.0 Å². The summed E-state index contributed by atoms with van der Waals surface area (Å²) in [4.78, 5) is 0. The van der Waals surface area contributed by atoms with Crippen LogP contribution in [0.3, 0.4) is 0 Å². The van der Waals surface area contributed by atoms with Crippen LogP contribution in [0.15, 0.2) is 18.2 Å². The zero-order valence-electron chi connectivity index (χ0n) is 8.61. The predicted molar refractivity (Wildman–Crippen MR) is 59.4 cm³/mol. The van der Waals surface area contributed by atoms with E-state index in [4.69, 9.17) is 15.2 Å². The van der Waals surface area contributed by atoms with E-state index in [1.54, 1.807) is 14.2 Å². The average molecular weight is 218 g/mol. The Hall–Kier alpha value is -0.930. The number of hydrogen-bond acceptors (Lipinski definition) is 3. The van der Waals surface area contributed by atoms with Crippen LogP contribution in [0.2, 0.25) is 0 Å². The fraction of sp³-hybridized carbons (Fsp3) is 0.400. The minimum absolute atomic E-state index is 0. The molecular formula is C10H16ClNO2. The van der Waals surface area contributed by atoms with E-state index in [1.807, 2.05) is 25.1 Å². The molecule has 0 amide bonds. The van der Waals surface area contributed by atoms with Crippen LogP contribution in [0.1, 0.15) is 18.5 Å². The van der Waals surface area contributed by atoms with Gasteiger partial charge < -0.3 is 15.2 Å². The maximum absolute atomic E-state index is 5.76. The second-order valence-electron chi connectivity index (χ2n) is 2.90. The Morgan fingerprint density at radius 3 is 2.29 bits per heavy atom. The lowest BCUT2D eigenvalue weighted by molar-refractivity contribution is 0.389. The van der Waals surface area contributed by atoms with E-state index < -0.39 is 0 Å². The van der Waals surface area contributed by atoms with Crippen molar-refractivity contribution >= 4 is 12.4 Å². The maximum Gasteiger partial charge on any atom is 0.127 e. The van der Waals surface area contributed by atoms with Gasteiger partial charge >= 0.3 is 0 Å². The molecule has 1 rings (SSSR count). The second kappa shape index (κ2) is 5.73. The zero-order valence-corrected chi connectivity index (χ0v) is 9.43. The van der Waals surface area contributed by atoms with Gasteiger partial charge in [0.15, 0.2) is 0 Å². The molecule has 14 heavy (non-hydrogen) atoms. The highest BCUT2D eigenvalue weighted by atomic mass is 35.5. The molecule has 0 aliphatic heterocycles. The van der Waals surface area contributed by atoms with Crippen molar-refractivity contribution in [3.63, 3.8) is 0 Å². The van der Waals surface area contributed by atoms with E-state index in [0.29, 0.717) is 0 Å². The third-order valence-corrected chi connectivity index (χ3v) is 1.93. The SMILES string of the molecule is COc1ccc(C(C)N)c(OC)c1.Cl. The topological polar surface area (TPSA) is 44.5 Å². The lowest BCUT2D eigenvalue weighted by Crippen LogP contribution is -2.06. The molecule has 0 spiro atoms. The summed E-state index contributed by atoms with van der Waals surface area (Å²) in [6, 6.07) is 5.60. The summed E-state index contributed by atoms with van der Waals surface area (Å²) in [6.45, 7) is 1.92. The Labute approximate surface area is 90.6 Å². The molecule has 0 bridgehead atoms. The van der Waals surface area contributed by atoms with Crippen LogP contribution in [0, 0.1) is 0 Å². The largest absolute Gasteiger partial charge is 0.497 e. The molecular weight excluding hydrogens is 202 g/mol. The van der Waals surface area contributed by atoms with Crippen LogP contribution >= 0.6 is 12.4 Å². The van der Waals surface area contributed by atoms with E-state index >= 15 is 0 Å². The Bertz CT molecular complexity index is 289. The highest BCUT2D eigenvalue weighted by Crippen LogP contribution is 2.27. The Kier molecular flexibility index (Phi) is 5.35. The van der Waals surface area contributed by atoms with E-state index in [-0.39, 0.29) is 18.4 Å². The van der Waals surface area contributed by atoms with Gasteiger partial charge in [-0.3, -0.25) is 0 Å². The van der Waals surface area contributed by atoms with Gasteiger partial charge in [0.2, 0.25) is 0 Å². The van der Waals surface area contributed by atoms with Crippen LogP contribution in [0.25, 0.3) is 0 Å². The Morgan fingerprint density at radius 1 is 1.21 bits per heavy atom. The average Bonchev–Trinajstić information content (AvgIpc) is 2.16. The van der Waals surface area contributed by atoms with Gasteiger partial charge in [0.1, 0.15) is 11.5 Å². The van der Waals surface area contributed by atoms with E-state index in [0.717, 1.165) is 17.1 Å². The highest BCUT2D eigenvalue weighted by molar-refractivity contribution is 5.85. The number of halogens is 1. The normalized spacial score (nSPS) is 11.4. The number of rotatable bonds is 3. The molecule has 0 fully saturated rings. The first-order valence-corrected chi connectivity index (χ1v) is 4.16. The van der Waals surface area contributed by atoms with Crippen molar-refractivity contribution < 1.29 is 9.47 Å². The molecule has 0 aliphatic carbocycles. The zero-order chi connectivity index (χ0) is 9.84. The Balaban J connectivity index is 0.00000169. The molecule has 1 aromatic carbocycles. The lowest BCUT2D eigenvalue weighted by Gasteiger charge is -2.12. The number of hydrogen-bond donors (Lipinski definition) is 1.